The lowest BCUT2D eigenvalue weighted by atomic mass is 9.81. The smallest absolute Gasteiger partial charge is 0.188 e. The molecule has 0 bridgehead atoms. The number of hydrogen-bond acceptors (Lipinski definition) is 18. The number of carbonyl (C=O) groups is 1. The molecular formula is C38H59N9O12S. The third-order valence-electron chi connectivity index (χ3n) is 11.2. The summed E-state index contributed by atoms with van der Waals surface area (Å²) in [5.74, 6) is -1.03. The quantitative estimate of drug-likeness (QED) is 0.0551. The predicted octanol–water partition coefficient (Wildman–Crippen LogP) is -3.92. The Hall–Kier alpha value is -3.72. The molecule has 16 atom stereocenters. The highest BCUT2D eigenvalue weighted by Gasteiger charge is 2.61. The first kappa shape index (κ1) is 47.3. The van der Waals surface area contributed by atoms with Crippen LogP contribution in [0.3, 0.4) is 0 Å². The molecule has 1 aliphatic carbocycles. The number of hydrogen-bond donors (Lipinski definition) is 12. The van der Waals surface area contributed by atoms with Crippen LogP contribution in [0.5, 0.6) is 0 Å². The van der Waals surface area contributed by atoms with E-state index in [1.807, 2.05) is 11.8 Å². The van der Waals surface area contributed by atoms with Crippen LogP contribution in [0.25, 0.3) is 0 Å². The Balaban J connectivity index is 0.000000283. The molecule has 4 aliphatic rings. The summed E-state index contributed by atoms with van der Waals surface area (Å²) >= 11 is 1.87. The van der Waals surface area contributed by atoms with E-state index in [2.05, 4.69) is 94.7 Å². The number of carbonyl (C=O) groups excluding carboxylic acids is 1. The fourth-order valence-electron chi connectivity index (χ4n) is 7.48. The van der Waals surface area contributed by atoms with Gasteiger partial charge in [-0.25, -0.2) is 9.98 Å². The van der Waals surface area contributed by atoms with Crippen molar-refractivity contribution in [3.05, 3.63) is 48.5 Å². The number of fused-ring (bicyclic) bond motifs is 2. The zero-order valence-corrected chi connectivity index (χ0v) is 34.8. The van der Waals surface area contributed by atoms with Crippen LogP contribution >= 0.6 is 11.8 Å². The van der Waals surface area contributed by atoms with E-state index in [1.54, 1.807) is 0 Å². The number of aliphatic hydroxyl groups excluding tert-OH is 6. The largest absolute Gasteiger partial charge is 0.394 e. The number of aliphatic hydroxyl groups is 7. The van der Waals surface area contributed by atoms with Crippen molar-refractivity contribution in [2.75, 3.05) is 39.2 Å². The van der Waals surface area contributed by atoms with E-state index >= 15 is 0 Å². The Bertz CT molecular complexity index is 1770. The van der Waals surface area contributed by atoms with Crippen LogP contribution in [0, 0.1) is 0 Å². The van der Waals surface area contributed by atoms with Gasteiger partial charge in [-0.3, -0.25) is 4.79 Å². The number of nitrogens with zero attached hydrogens (tertiary/aromatic N) is 4. The van der Waals surface area contributed by atoms with E-state index in [-0.39, 0.29) is 6.29 Å². The molecule has 21 nitrogen and oxygen atoms in total. The molecule has 3 heterocycles. The highest BCUT2D eigenvalue weighted by molar-refractivity contribution is 7.99. The molecule has 2 aromatic carbocycles. The second-order valence-electron chi connectivity index (χ2n) is 15.4. The SMILES string of the molecule is CC(CN1c2ccccc2Sc2ccccc21)N(C)C.CN[C@@H]1[C@H](O[C@H]2[C@H](O[C@H]3[C@H](O)[C@@H](O)[C@H](N=C(N)N)[C@@H](O)[C@@H]3N=C(N)N)O[C@@H](C)[C@]2(O)C=O)O[C@@H](CO)[C@H](O)[C@H]1O. The van der Waals surface area contributed by atoms with Crippen molar-refractivity contribution in [2.24, 2.45) is 32.9 Å². The van der Waals surface area contributed by atoms with E-state index in [0.717, 1.165) is 6.54 Å². The molecule has 3 aliphatic heterocycles. The standard InChI is InChI=1S/C21H39N7O12.C17H20N2S/c1-5-21(36,4-30)16(40-17-9(26-2)13(34)10(31)6(3-29)38-17)18(37-5)39-15-8(28-20(24)25)11(32)7(27-19(22)23)12(33)14(15)35;1-13(18(2)3)12-19-14-8-4-6-10-16(14)20-17-11-7-5-9-15(17)19/h4-18,26,29,31-36H,3H2,1-2H3,(H4,22,23,27)(H4,24,25,28);4-11,13H,12H2,1-3H3/t5-,6-,7+,8-,9-,10-,11+,12-,13-,14+,15+,16-,17-,18-,21+;/m0./s1. The van der Waals surface area contributed by atoms with Crippen LogP contribution in [0.4, 0.5) is 11.4 Å². The molecule has 334 valence electrons. The molecule has 60 heavy (non-hydrogen) atoms. The molecule has 1 unspecified atom stereocenters. The van der Waals surface area contributed by atoms with Crippen molar-refractivity contribution in [1.29, 1.82) is 0 Å². The highest BCUT2D eigenvalue weighted by Crippen LogP contribution is 2.48. The molecule has 0 amide bonds. The van der Waals surface area contributed by atoms with Gasteiger partial charge in [-0.05, 0) is 59.3 Å². The number of ether oxygens (including phenoxy) is 4. The summed E-state index contributed by atoms with van der Waals surface area (Å²) in [6.45, 7) is 3.89. The maximum absolute atomic E-state index is 12.1. The summed E-state index contributed by atoms with van der Waals surface area (Å²) < 4.78 is 22.9. The second kappa shape index (κ2) is 20.0. The van der Waals surface area contributed by atoms with Crippen molar-refractivity contribution in [1.82, 2.24) is 10.2 Å². The van der Waals surface area contributed by atoms with Crippen LogP contribution in [-0.2, 0) is 23.7 Å². The molecule has 16 N–H and O–H groups in total. The molecule has 3 fully saturated rings. The van der Waals surface area contributed by atoms with Gasteiger partial charge in [0.1, 0.15) is 60.9 Å². The lowest BCUT2D eigenvalue weighted by molar-refractivity contribution is -0.314. The Morgan fingerprint density at radius 3 is 1.97 bits per heavy atom. The van der Waals surface area contributed by atoms with Crippen molar-refractivity contribution in [3.63, 3.8) is 0 Å². The maximum atomic E-state index is 12.1. The Morgan fingerprint density at radius 1 is 0.883 bits per heavy atom. The third-order valence-corrected chi connectivity index (χ3v) is 12.3. The fraction of sp³-hybridized carbons (Fsp3) is 0.605. The number of para-hydroxylation sites is 2. The highest BCUT2D eigenvalue weighted by atomic mass is 32.2. The maximum Gasteiger partial charge on any atom is 0.188 e. The van der Waals surface area contributed by atoms with Crippen molar-refractivity contribution in [2.45, 2.75) is 121 Å². The Kier molecular flexibility index (Phi) is 15.8. The zero-order chi connectivity index (χ0) is 44.2. The monoisotopic (exact) mass is 865 g/mol. The van der Waals surface area contributed by atoms with Crippen LogP contribution in [0.1, 0.15) is 13.8 Å². The van der Waals surface area contributed by atoms with Gasteiger partial charge in [0.25, 0.3) is 0 Å². The number of nitrogens with two attached hydrogens (primary N) is 4. The predicted molar refractivity (Wildman–Crippen MR) is 220 cm³/mol. The summed E-state index contributed by atoms with van der Waals surface area (Å²) in [6.07, 6.45) is -17.3. The number of rotatable bonds is 12. The van der Waals surface area contributed by atoms with E-state index < -0.39 is 110 Å². The van der Waals surface area contributed by atoms with Gasteiger partial charge < -0.3 is 92.7 Å². The Labute approximate surface area is 351 Å². The minimum absolute atomic E-state index is 0.140. The zero-order valence-electron chi connectivity index (χ0n) is 33.9. The first-order chi connectivity index (χ1) is 28.4. The van der Waals surface area contributed by atoms with Gasteiger partial charge in [-0.1, -0.05) is 36.0 Å². The molecule has 2 aromatic rings. The van der Waals surface area contributed by atoms with Gasteiger partial charge in [0, 0.05) is 22.4 Å². The number of benzene rings is 2. The number of guanidine groups is 2. The summed E-state index contributed by atoms with van der Waals surface area (Å²) in [7, 11) is 5.70. The molecule has 1 saturated carbocycles. The molecule has 2 saturated heterocycles. The normalized spacial score (nSPS) is 36.6. The minimum atomic E-state index is -2.38. The second-order valence-corrected chi connectivity index (χ2v) is 16.4. The van der Waals surface area contributed by atoms with Crippen molar-refractivity contribution < 1.29 is 59.5 Å². The van der Waals surface area contributed by atoms with Crippen molar-refractivity contribution in [3.8, 4) is 0 Å². The molecule has 0 spiro atoms. The number of aldehydes is 1. The topological polar surface area (TPSA) is 343 Å². The van der Waals surface area contributed by atoms with Crippen LogP contribution < -0.4 is 33.2 Å². The van der Waals surface area contributed by atoms with Crippen LogP contribution in [0.2, 0.25) is 0 Å². The van der Waals surface area contributed by atoms with Gasteiger partial charge >= 0.3 is 0 Å². The fourth-order valence-corrected chi connectivity index (χ4v) is 8.58. The first-order valence-corrected chi connectivity index (χ1v) is 20.2. The third kappa shape index (κ3) is 9.82. The molecule has 22 heteroatoms. The lowest BCUT2D eigenvalue weighted by Crippen LogP contribution is -2.66. The molecular weight excluding hydrogens is 807 g/mol. The number of aliphatic imine (C=N–C) groups is 2. The number of anilines is 2. The molecule has 0 radical (unpaired) electrons. The van der Waals surface area contributed by atoms with E-state index in [4.69, 9.17) is 41.9 Å². The first-order valence-electron chi connectivity index (χ1n) is 19.3. The van der Waals surface area contributed by atoms with E-state index in [0.29, 0.717) is 6.04 Å². The van der Waals surface area contributed by atoms with E-state index in [1.165, 1.54) is 35.1 Å². The van der Waals surface area contributed by atoms with Crippen molar-refractivity contribution >= 4 is 41.3 Å². The van der Waals surface area contributed by atoms with Gasteiger partial charge in [0.2, 0.25) is 0 Å². The average Bonchev–Trinajstić information content (AvgIpc) is 3.45. The van der Waals surface area contributed by atoms with E-state index in [9.17, 15) is 40.5 Å². The van der Waals surface area contributed by atoms with Gasteiger partial charge in [-0.2, -0.15) is 0 Å². The number of nitrogens with one attached hydrogen (secondary N) is 1. The minimum Gasteiger partial charge on any atom is -0.394 e. The molecule has 0 aromatic heterocycles. The van der Waals surface area contributed by atoms with Gasteiger partial charge in [0.05, 0.1) is 30.1 Å². The van der Waals surface area contributed by atoms with Gasteiger partial charge in [-0.15, -0.1) is 0 Å². The number of likely N-dealkylation sites (N-methyl/N-ethyl adjacent to an activating group) is 2. The van der Waals surface area contributed by atoms with Gasteiger partial charge in [0.15, 0.2) is 36.4 Å². The van der Waals surface area contributed by atoms with Crippen LogP contribution in [0.15, 0.2) is 68.3 Å². The summed E-state index contributed by atoms with van der Waals surface area (Å²) in [5, 5.41) is 76.6. The lowest BCUT2D eigenvalue weighted by Gasteiger charge is -2.45. The summed E-state index contributed by atoms with van der Waals surface area (Å²) in [5.41, 5.74) is 22.0. The Morgan fingerprint density at radius 2 is 1.45 bits per heavy atom. The van der Waals surface area contributed by atoms with Crippen LogP contribution in [-0.4, -0.2) is 190 Å². The summed E-state index contributed by atoms with van der Waals surface area (Å²) in [6, 6.07) is 13.8. The summed E-state index contributed by atoms with van der Waals surface area (Å²) in [4.78, 5) is 27.1. The average molecular weight is 866 g/mol. The molecule has 6 rings (SSSR count).